The average Bonchev–Trinajstić information content (AvgIpc) is 2.85. The zero-order chi connectivity index (χ0) is 25.7. The Morgan fingerprint density at radius 3 is 1.94 bits per heavy atom. The second-order valence-corrected chi connectivity index (χ2v) is 7.54. The second-order valence-electron chi connectivity index (χ2n) is 7.54. The van der Waals surface area contributed by atoms with Crippen LogP contribution in [0.25, 0.3) is 11.1 Å². The van der Waals surface area contributed by atoms with Crippen molar-refractivity contribution in [2.24, 2.45) is 0 Å². The lowest BCUT2D eigenvalue weighted by atomic mass is 9.97. The molecule has 0 saturated carbocycles. The summed E-state index contributed by atoms with van der Waals surface area (Å²) < 4.78 is 46.8. The summed E-state index contributed by atoms with van der Waals surface area (Å²) in [7, 11) is 3.40. The maximum atomic E-state index is 11.9. The quantitative estimate of drug-likeness (QED) is 0.355. The van der Waals surface area contributed by atoms with Crippen LogP contribution in [0.15, 0.2) is 60.7 Å². The Morgan fingerprint density at radius 2 is 1.44 bits per heavy atom. The number of aryl methyl sites for hydroxylation is 3. The minimum atomic E-state index is -4.21. The molecule has 0 N–H and O–H groups in total. The molecule has 2 nitrogen and oxygen atoms in total. The molecule has 0 aliphatic carbocycles. The Morgan fingerprint density at radius 1 is 0.794 bits per heavy atom. The van der Waals surface area contributed by atoms with Gasteiger partial charge in [0.1, 0.15) is 0 Å². The van der Waals surface area contributed by atoms with E-state index in [0.29, 0.717) is 0 Å². The average molecular weight is 475 g/mol. The summed E-state index contributed by atoms with van der Waals surface area (Å²) >= 11 is 0. The lowest BCUT2D eigenvalue weighted by Gasteiger charge is -2.15. The van der Waals surface area contributed by atoms with Crippen molar-refractivity contribution in [1.29, 1.82) is 0 Å². The number of methoxy groups -OCH3 is 2. The molecular weight excluding hydrogens is 437 g/mol. The van der Waals surface area contributed by atoms with Gasteiger partial charge >= 0.3 is 6.18 Å². The van der Waals surface area contributed by atoms with Gasteiger partial charge in [-0.15, -0.1) is 0 Å². The van der Waals surface area contributed by atoms with Crippen LogP contribution in [0.3, 0.4) is 0 Å². The molecular formula is C29H37F3O2. The maximum Gasteiger partial charge on any atom is 0.416 e. The van der Waals surface area contributed by atoms with E-state index in [1.54, 1.807) is 21.1 Å². The first-order chi connectivity index (χ1) is 16.2. The Balaban J connectivity index is 0.000000374. The third-order valence-electron chi connectivity index (χ3n) is 5.12. The van der Waals surface area contributed by atoms with Crippen molar-refractivity contribution in [3.63, 3.8) is 0 Å². The van der Waals surface area contributed by atoms with E-state index in [1.807, 2.05) is 13.8 Å². The summed E-state index contributed by atoms with van der Waals surface area (Å²) in [5.74, 6) is 1.66. The summed E-state index contributed by atoms with van der Waals surface area (Å²) in [6.45, 7) is 10.1. The fourth-order valence-corrected chi connectivity index (χ4v) is 3.38. The number of hydrogen-bond donors (Lipinski definition) is 0. The molecule has 186 valence electrons. The summed E-state index contributed by atoms with van der Waals surface area (Å²) in [5, 5.41) is 0. The van der Waals surface area contributed by atoms with Crippen molar-refractivity contribution in [2.75, 3.05) is 14.2 Å². The van der Waals surface area contributed by atoms with Gasteiger partial charge in [0.15, 0.2) is 11.5 Å². The van der Waals surface area contributed by atoms with E-state index in [9.17, 15) is 13.2 Å². The first-order valence-corrected chi connectivity index (χ1v) is 11.7. The molecule has 0 bridgehead atoms. The highest BCUT2D eigenvalue weighted by Gasteiger charge is 2.29. The molecule has 5 heteroatoms. The van der Waals surface area contributed by atoms with Gasteiger partial charge in [-0.05, 0) is 66.3 Å². The molecule has 0 unspecified atom stereocenters. The number of hydrogen-bond acceptors (Lipinski definition) is 2. The molecule has 0 fully saturated rings. The van der Waals surface area contributed by atoms with Gasteiger partial charge < -0.3 is 9.47 Å². The third kappa shape index (κ3) is 8.44. The van der Waals surface area contributed by atoms with E-state index in [0.717, 1.165) is 48.5 Å². The van der Waals surface area contributed by atoms with E-state index < -0.39 is 11.7 Å². The summed E-state index contributed by atoms with van der Waals surface area (Å²) in [4.78, 5) is 0. The number of benzene rings is 3. The van der Waals surface area contributed by atoms with E-state index in [2.05, 4.69) is 50.2 Å². The molecule has 0 aromatic heterocycles. The van der Waals surface area contributed by atoms with Crippen molar-refractivity contribution in [1.82, 2.24) is 0 Å². The minimum absolute atomic E-state index is 0.594. The van der Waals surface area contributed by atoms with Crippen LogP contribution >= 0.6 is 0 Å². The summed E-state index contributed by atoms with van der Waals surface area (Å²) in [6.07, 6.45) is -1.10. The van der Waals surface area contributed by atoms with Gasteiger partial charge in [-0.1, -0.05) is 76.1 Å². The monoisotopic (exact) mass is 474 g/mol. The van der Waals surface area contributed by atoms with Gasteiger partial charge in [0.2, 0.25) is 0 Å². The topological polar surface area (TPSA) is 18.5 Å². The van der Waals surface area contributed by atoms with Crippen LogP contribution in [0.4, 0.5) is 13.2 Å². The molecule has 0 spiro atoms. The van der Waals surface area contributed by atoms with Crippen molar-refractivity contribution >= 4 is 0 Å². The van der Waals surface area contributed by atoms with E-state index in [1.165, 1.54) is 34.4 Å². The fourth-order valence-electron chi connectivity index (χ4n) is 3.38. The van der Waals surface area contributed by atoms with E-state index in [4.69, 9.17) is 9.47 Å². The number of alkyl halides is 3. The van der Waals surface area contributed by atoms with Crippen LogP contribution in [-0.2, 0) is 19.0 Å². The van der Waals surface area contributed by atoms with Crippen LogP contribution in [-0.4, -0.2) is 14.2 Å². The zero-order valence-corrected chi connectivity index (χ0v) is 21.3. The molecule has 34 heavy (non-hydrogen) atoms. The molecule has 3 aromatic carbocycles. The first kappa shape index (κ1) is 29.1. The number of ether oxygens (including phenoxy) is 2. The molecule has 3 rings (SSSR count). The fraction of sp³-hybridized carbons (Fsp3) is 0.379. The maximum absolute atomic E-state index is 11.9. The number of halogens is 3. The second kappa shape index (κ2) is 14.3. The van der Waals surface area contributed by atoms with Crippen molar-refractivity contribution in [2.45, 2.75) is 60.1 Å². The van der Waals surface area contributed by atoms with Crippen LogP contribution in [0.5, 0.6) is 11.5 Å². The van der Waals surface area contributed by atoms with Gasteiger partial charge in [0.05, 0.1) is 19.8 Å². The first-order valence-electron chi connectivity index (χ1n) is 11.7. The van der Waals surface area contributed by atoms with Gasteiger partial charge in [-0.2, -0.15) is 13.2 Å². The summed E-state index contributed by atoms with van der Waals surface area (Å²) in [6, 6.07) is 18.0. The highest BCUT2D eigenvalue weighted by molar-refractivity contribution is 5.70. The lowest BCUT2D eigenvalue weighted by molar-refractivity contribution is -0.137. The van der Waals surface area contributed by atoms with Crippen LogP contribution in [0.1, 0.15) is 56.4 Å². The Labute approximate surface area is 202 Å². The largest absolute Gasteiger partial charge is 0.493 e. The normalized spacial score (nSPS) is 10.4. The Bertz CT molecular complexity index is 993. The smallest absolute Gasteiger partial charge is 0.416 e. The van der Waals surface area contributed by atoms with Crippen LogP contribution in [0.2, 0.25) is 0 Å². The van der Waals surface area contributed by atoms with Gasteiger partial charge in [-0.25, -0.2) is 0 Å². The predicted octanol–water partition coefficient (Wildman–Crippen LogP) is 8.93. The Hall–Kier alpha value is -2.95. The molecule has 0 heterocycles. The molecule has 0 aliphatic rings. The Kier molecular flexibility index (Phi) is 12.3. The molecule has 3 aromatic rings. The molecule has 0 amide bonds. The lowest BCUT2D eigenvalue weighted by Crippen LogP contribution is -2.03. The van der Waals surface area contributed by atoms with Crippen molar-refractivity contribution < 1.29 is 22.6 Å². The SMILES string of the molecule is CC.CCCc1cc(-c2cccc(CC)c2)cc(OC)c1OC.Cc1ccc(C(F)(F)F)cc1. The van der Waals surface area contributed by atoms with Gasteiger partial charge in [-0.3, -0.25) is 0 Å². The number of rotatable bonds is 6. The van der Waals surface area contributed by atoms with Crippen LogP contribution < -0.4 is 9.47 Å². The highest BCUT2D eigenvalue weighted by atomic mass is 19.4. The molecule has 0 saturated heterocycles. The van der Waals surface area contributed by atoms with Crippen LogP contribution in [0, 0.1) is 6.92 Å². The van der Waals surface area contributed by atoms with Crippen molar-refractivity contribution in [3.8, 4) is 22.6 Å². The van der Waals surface area contributed by atoms with E-state index >= 15 is 0 Å². The highest BCUT2D eigenvalue weighted by Crippen LogP contribution is 2.37. The standard InChI is InChI=1S/C19H24O2.C8H7F3.C2H6/c1-5-8-16-12-17(13-18(20-3)19(16)21-4)15-10-7-9-14(6-2)11-15;1-6-2-4-7(5-3-6)8(9,10)11;1-2/h7,9-13H,5-6,8H2,1-4H3;2-5H,1H3;1-2H3. The zero-order valence-electron chi connectivity index (χ0n) is 21.3. The molecule has 0 aliphatic heterocycles. The minimum Gasteiger partial charge on any atom is -0.493 e. The summed E-state index contributed by atoms with van der Waals surface area (Å²) in [5.41, 5.74) is 5.20. The molecule has 0 atom stereocenters. The predicted molar refractivity (Wildman–Crippen MR) is 136 cm³/mol. The van der Waals surface area contributed by atoms with Crippen molar-refractivity contribution in [3.05, 3.63) is 82.9 Å². The van der Waals surface area contributed by atoms with Gasteiger partial charge in [0, 0.05) is 0 Å². The third-order valence-corrected chi connectivity index (χ3v) is 5.12. The van der Waals surface area contributed by atoms with E-state index in [-0.39, 0.29) is 0 Å². The van der Waals surface area contributed by atoms with Gasteiger partial charge in [0.25, 0.3) is 0 Å². The molecule has 0 radical (unpaired) electrons.